The summed E-state index contributed by atoms with van der Waals surface area (Å²) in [6, 6.07) is 0.187. The van der Waals surface area contributed by atoms with Crippen molar-refractivity contribution in [1.29, 1.82) is 0 Å². The molecule has 1 amide bonds. The number of likely N-dealkylation sites (tertiary alicyclic amines) is 1. The molecule has 1 saturated heterocycles. The van der Waals surface area contributed by atoms with Crippen LogP contribution in [0.3, 0.4) is 0 Å². The van der Waals surface area contributed by atoms with Crippen molar-refractivity contribution in [3.8, 4) is 0 Å². The molecule has 0 aromatic heterocycles. The van der Waals surface area contributed by atoms with Crippen LogP contribution in [0.5, 0.6) is 0 Å². The zero-order chi connectivity index (χ0) is 15.0. The van der Waals surface area contributed by atoms with Crippen LogP contribution in [-0.2, 0) is 14.8 Å². The number of amidine groups is 1. The molecule has 1 atom stereocenters. The fraction of sp³-hybridized carbons (Fsp3) is 0.571. The third-order valence-electron chi connectivity index (χ3n) is 4.15. The molecule has 0 N–H and O–H groups in total. The highest BCUT2D eigenvalue weighted by Gasteiger charge is 2.33. The van der Waals surface area contributed by atoms with Crippen molar-refractivity contribution in [3.05, 3.63) is 23.9 Å². The van der Waals surface area contributed by atoms with E-state index < -0.39 is 10.0 Å². The monoisotopic (exact) mass is 309 g/mol. The maximum Gasteiger partial charge on any atom is 0.257 e. The van der Waals surface area contributed by atoms with Crippen LogP contribution in [0.4, 0.5) is 0 Å². The lowest BCUT2D eigenvalue weighted by Gasteiger charge is -2.36. The third-order valence-corrected chi connectivity index (χ3v) is 5.30. The van der Waals surface area contributed by atoms with E-state index in [1.807, 2.05) is 11.8 Å². The van der Waals surface area contributed by atoms with Gasteiger partial charge in [-0.25, -0.2) is 8.42 Å². The van der Waals surface area contributed by atoms with E-state index in [9.17, 15) is 13.2 Å². The maximum atomic E-state index is 12.8. The summed E-state index contributed by atoms with van der Waals surface area (Å²) in [5, 5.41) is 0. The van der Waals surface area contributed by atoms with E-state index in [0.29, 0.717) is 12.1 Å². The van der Waals surface area contributed by atoms with Crippen molar-refractivity contribution in [3.63, 3.8) is 0 Å². The molecular formula is C14H19N3O3S. The van der Waals surface area contributed by atoms with Gasteiger partial charge in [-0.2, -0.15) is 0 Å². The number of amides is 1. The first-order valence-corrected chi connectivity index (χ1v) is 8.88. The van der Waals surface area contributed by atoms with Gasteiger partial charge in [-0.05, 0) is 38.3 Å². The van der Waals surface area contributed by atoms with Gasteiger partial charge < -0.3 is 9.80 Å². The summed E-state index contributed by atoms with van der Waals surface area (Å²) in [5.74, 6) is 0.140. The maximum absolute atomic E-state index is 12.8. The Bertz CT molecular complexity index is 648. The van der Waals surface area contributed by atoms with Gasteiger partial charge in [-0.3, -0.25) is 4.79 Å². The zero-order valence-corrected chi connectivity index (χ0v) is 12.8. The molecule has 3 heterocycles. The molecule has 0 bridgehead atoms. The second-order valence-electron chi connectivity index (χ2n) is 5.66. The molecule has 6 nitrogen and oxygen atoms in total. The minimum atomic E-state index is -3.46. The first-order chi connectivity index (χ1) is 9.98. The summed E-state index contributed by atoms with van der Waals surface area (Å²) >= 11 is 0. The van der Waals surface area contributed by atoms with Crippen LogP contribution in [-0.4, -0.2) is 54.8 Å². The van der Waals surface area contributed by atoms with Crippen molar-refractivity contribution in [2.24, 2.45) is 4.40 Å². The topological polar surface area (TPSA) is 70.1 Å². The van der Waals surface area contributed by atoms with Crippen molar-refractivity contribution < 1.29 is 13.2 Å². The fourth-order valence-electron chi connectivity index (χ4n) is 2.94. The van der Waals surface area contributed by atoms with Crippen LogP contribution >= 0.6 is 0 Å². The van der Waals surface area contributed by atoms with Crippen LogP contribution in [0.2, 0.25) is 0 Å². The molecule has 0 saturated carbocycles. The predicted octanol–water partition coefficient (Wildman–Crippen LogP) is 0.885. The fourth-order valence-corrected chi connectivity index (χ4v) is 3.92. The standard InChI is InChI=1S/C14H19N3O3S/c1-11-5-2-3-8-17(11)14(18)12-6-4-7-16-9-10-21(19,20)15-13(12)16/h4,6-7,11H,2-3,5,8-10H2,1H3. The molecule has 0 spiro atoms. The Morgan fingerprint density at radius 2 is 2.14 bits per heavy atom. The van der Waals surface area contributed by atoms with Crippen molar-refractivity contribution >= 4 is 21.8 Å². The average Bonchev–Trinajstić information content (AvgIpc) is 2.45. The van der Waals surface area contributed by atoms with E-state index in [1.54, 1.807) is 23.3 Å². The summed E-state index contributed by atoms with van der Waals surface area (Å²) < 4.78 is 27.3. The Hall–Kier alpha value is -1.63. The number of carbonyl (C=O) groups excluding carboxylic acids is 1. The Morgan fingerprint density at radius 3 is 2.90 bits per heavy atom. The number of hydrogen-bond donors (Lipinski definition) is 0. The first-order valence-electron chi connectivity index (χ1n) is 7.27. The van der Waals surface area contributed by atoms with E-state index in [1.165, 1.54) is 0 Å². The second kappa shape index (κ2) is 5.29. The smallest absolute Gasteiger partial charge is 0.257 e. The van der Waals surface area contributed by atoms with Crippen LogP contribution in [0.15, 0.2) is 28.3 Å². The average molecular weight is 309 g/mol. The van der Waals surface area contributed by atoms with E-state index in [2.05, 4.69) is 4.40 Å². The van der Waals surface area contributed by atoms with Gasteiger partial charge in [0.1, 0.15) is 0 Å². The zero-order valence-electron chi connectivity index (χ0n) is 12.0. The molecule has 114 valence electrons. The summed E-state index contributed by atoms with van der Waals surface area (Å²) in [4.78, 5) is 16.3. The number of carbonyl (C=O) groups is 1. The SMILES string of the molecule is CC1CCCCN1C(=O)C1=CC=CN2CCS(=O)(=O)N=C12. The van der Waals surface area contributed by atoms with Gasteiger partial charge in [0.05, 0.1) is 11.3 Å². The Labute approximate surface area is 124 Å². The van der Waals surface area contributed by atoms with Gasteiger partial charge in [0.25, 0.3) is 15.9 Å². The molecular weight excluding hydrogens is 290 g/mol. The number of hydrogen-bond acceptors (Lipinski definition) is 4. The van der Waals surface area contributed by atoms with E-state index in [4.69, 9.17) is 0 Å². The lowest BCUT2D eigenvalue weighted by molar-refractivity contribution is -0.129. The van der Waals surface area contributed by atoms with Gasteiger partial charge in [-0.15, -0.1) is 4.40 Å². The van der Waals surface area contributed by atoms with Gasteiger partial charge in [0.15, 0.2) is 5.84 Å². The molecule has 21 heavy (non-hydrogen) atoms. The van der Waals surface area contributed by atoms with E-state index in [-0.39, 0.29) is 23.5 Å². The molecule has 3 aliphatic heterocycles. The van der Waals surface area contributed by atoms with E-state index >= 15 is 0 Å². The predicted molar refractivity (Wildman–Crippen MR) is 80.2 cm³/mol. The van der Waals surface area contributed by atoms with Crippen molar-refractivity contribution in [2.45, 2.75) is 32.2 Å². The van der Waals surface area contributed by atoms with Gasteiger partial charge in [0, 0.05) is 25.3 Å². The van der Waals surface area contributed by atoms with Crippen LogP contribution < -0.4 is 0 Å². The van der Waals surface area contributed by atoms with Gasteiger partial charge in [-0.1, -0.05) is 0 Å². The molecule has 3 rings (SSSR count). The number of rotatable bonds is 1. The highest BCUT2D eigenvalue weighted by Crippen LogP contribution is 2.23. The number of fused-ring (bicyclic) bond motifs is 1. The highest BCUT2D eigenvalue weighted by molar-refractivity contribution is 7.90. The Balaban J connectivity index is 1.93. The Morgan fingerprint density at radius 1 is 1.33 bits per heavy atom. The largest absolute Gasteiger partial charge is 0.336 e. The lowest BCUT2D eigenvalue weighted by Crippen LogP contribution is -2.47. The number of nitrogens with zero attached hydrogens (tertiary/aromatic N) is 3. The van der Waals surface area contributed by atoms with Crippen LogP contribution in [0.1, 0.15) is 26.2 Å². The first kappa shape index (κ1) is 14.3. The molecule has 7 heteroatoms. The second-order valence-corrected chi connectivity index (χ2v) is 7.41. The van der Waals surface area contributed by atoms with Gasteiger partial charge >= 0.3 is 0 Å². The molecule has 1 fully saturated rings. The molecule has 0 radical (unpaired) electrons. The summed E-state index contributed by atoms with van der Waals surface area (Å²) in [7, 11) is -3.46. The third kappa shape index (κ3) is 2.74. The highest BCUT2D eigenvalue weighted by atomic mass is 32.2. The minimum absolute atomic E-state index is 0.0115. The number of allylic oxidation sites excluding steroid dienone is 2. The summed E-state index contributed by atoms with van der Waals surface area (Å²) in [6.45, 7) is 3.10. The molecule has 0 aromatic carbocycles. The number of sulfonamides is 1. The lowest BCUT2D eigenvalue weighted by atomic mass is 10.0. The molecule has 3 aliphatic rings. The molecule has 1 unspecified atom stereocenters. The molecule has 0 aliphatic carbocycles. The molecule has 0 aromatic rings. The van der Waals surface area contributed by atoms with Gasteiger partial charge in [0.2, 0.25) is 0 Å². The summed E-state index contributed by atoms with van der Waals surface area (Å²) in [5.41, 5.74) is 0.384. The van der Waals surface area contributed by atoms with Crippen molar-refractivity contribution in [2.75, 3.05) is 18.8 Å². The van der Waals surface area contributed by atoms with Crippen molar-refractivity contribution in [1.82, 2.24) is 9.80 Å². The quantitative estimate of drug-likeness (QED) is 0.721. The summed E-state index contributed by atoms with van der Waals surface area (Å²) in [6.07, 6.45) is 8.32. The normalized spacial score (nSPS) is 27.8. The van der Waals surface area contributed by atoms with E-state index in [0.717, 1.165) is 25.8 Å². The Kier molecular flexibility index (Phi) is 3.61. The minimum Gasteiger partial charge on any atom is -0.336 e. The van der Waals surface area contributed by atoms with Crippen LogP contribution in [0, 0.1) is 0 Å². The van der Waals surface area contributed by atoms with Crippen LogP contribution in [0.25, 0.3) is 0 Å². The number of piperidine rings is 1.